The van der Waals surface area contributed by atoms with Gasteiger partial charge in [0.1, 0.15) is 0 Å². The number of fused-ring (bicyclic) bond motifs is 2. The number of benzene rings is 2. The first-order valence-corrected chi connectivity index (χ1v) is 13.0. The van der Waals surface area contributed by atoms with E-state index < -0.39 is 8.07 Å². The Morgan fingerprint density at radius 3 is 1.21 bits per heavy atom. The van der Waals surface area contributed by atoms with Gasteiger partial charge in [0.2, 0.25) is 0 Å². The van der Waals surface area contributed by atoms with Crippen LogP contribution in [0.15, 0.2) is 36.4 Å². The van der Waals surface area contributed by atoms with Gasteiger partial charge < -0.3 is 0 Å². The maximum atomic E-state index is 2.56. The monoisotopic (exact) mass is 384 g/mol. The Kier molecular flexibility index (Phi) is 6.97. The summed E-state index contributed by atoms with van der Waals surface area (Å²) in [6.45, 7) is 18.8. The molecule has 4 rings (SSSR count). The second-order valence-corrected chi connectivity index (χ2v) is 13.3. The first-order chi connectivity index (χ1) is 12.6. The molecule has 0 saturated heterocycles. The fraction of sp³-hybridized carbons (Fsp3) is 0.308. The Morgan fingerprint density at radius 1 is 0.552 bits per heavy atom. The molecule has 0 unspecified atom stereocenters. The van der Waals surface area contributed by atoms with Crippen molar-refractivity contribution in [2.45, 2.75) is 54.6 Å². The van der Waals surface area contributed by atoms with E-state index in [9.17, 15) is 0 Å². The average molecular weight is 384 g/mol. The fourth-order valence-electron chi connectivity index (χ4n) is 5.41. The summed E-state index contributed by atoms with van der Waals surface area (Å²) < 4.78 is 0. The molecule has 0 aromatic heterocycles. The minimum Gasteiger partial charge on any atom is -0.158 e. The zero-order chi connectivity index (χ0) is 19.7. The van der Waals surface area contributed by atoms with Crippen molar-refractivity contribution in [1.82, 2.24) is 0 Å². The van der Waals surface area contributed by atoms with Gasteiger partial charge in [-0.05, 0) is 13.8 Å². The molecule has 4 aromatic rings. The van der Waals surface area contributed by atoms with E-state index in [-0.39, 0.29) is 37.7 Å². The van der Waals surface area contributed by atoms with Gasteiger partial charge >= 0.3 is 37.7 Å². The second-order valence-electron chi connectivity index (χ2n) is 9.01. The largest absolute Gasteiger partial charge is 1.00 e. The molecule has 0 aliphatic carbocycles. The number of rotatable bonds is 2. The minimum atomic E-state index is -1.88. The van der Waals surface area contributed by atoms with Gasteiger partial charge in [-0.2, -0.15) is 10.4 Å². The van der Waals surface area contributed by atoms with Crippen molar-refractivity contribution < 1.29 is 37.7 Å². The van der Waals surface area contributed by atoms with Crippen molar-refractivity contribution in [2.24, 2.45) is 0 Å². The van der Waals surface area contributed by atoms with Gasteiger partial charge in [-0.1, -0.05) is 64.0 Å². The smallest absolute Gasteiger partial charge is 0.158 e. The van der Waals surface area contributed by atoms with Crippen molar-refractivity contribution in [3.63, 3.8) is 0 Å². The Hall–Kier alpha value is -0.928. The van der Waals surface area contributed by atoms with E-state index in [1.807, 2.05) is 0 Å². The molecule has 0 aliphatic rings. The molecule has 29 heavy (non-hydrogen) atoms. The van der Waals surface area contributed by atoms with E-state index in [2.05, 4.69) is 91.0 Å². The average Bonchev–Trinajstić information content (AvgIpc) is 3.14. The Labute approximate surface area is 201 Å². The van der Waals surface area contributed by atoms with Gasteiger partial charge in [-0.25, -0.2) is 0 Å². The first-order valence-electron chi connectivity index (χ1n) is 9.98. The van der Waals surface area contributed by atoms with Crippen LogP contribution in [-0.4, -0.2) is 8.07 Å². The maximum absolute atomic E-state index is 2.56. The summed E-state index contributed by atoms with van der Waals surface area (Å²) in [4.78, 5) is 0. The van der Waals surface area contributed by atoms with Gasteiger partial charge in [0, 0.05) is 8.07 Å². The number of aryl methyl sites for hydroxylation is 6. The Balaban J connectivity index is 0.00000150. The minimum absolute atomic E-state index is 0. The maximum Gasteiger partial charge on any atom is 1.00 e. The van der Waals surface area contributed by atoms with E-state index in [1.165, 1.54) is 54.9 Å². The van der Waals surface area contributed by atoms with E-state index >= 15 is 0 Å². The molecular formula is C26H30Li2Si. The summed E-state index contributed by atoms with van der Waals surface area (Å²) in [5.74, 6) is 0. The molecule has 0 bridgehead atoms. The van der Waals surface area contributed by atoms with Crippen LogP contribution in [0.2, 0.25) is 13.1 Å². The summed E-state index contributed by atoms with van der Waals surface area (Å²) in [6.07, 6.45) is 0. The molecule has 0 N–H and O–H groups in total. The third kappa shape index (κ3) is 3.57. The topological polar surface area (TPSA) is 0 Å². The Bertz CT molecular complexity index is 1110. The molecule has 140 valence electrons. The number of hydrogen-bond donors (Lipinski definition) is 0. The fourth-order valence-corrected chi connectivity index (χ4v) is 9.69. The molecule has 3 heteroatoms. The normalized spacial score (nSPS) is 11.6. The molecule has 0 nitrogen and oxygen atoms in total. The zero-order valence-corrected chi connectivity index (χ0v) is 21.0. The van der Waals surface area contributed by atoms with Crippen LogP contribution in [0, 0.1) is 41.5 Å². The van der Waals surface area contributed by atoms with Gasteiger partial charge in [0.15, 0.2) is 0 Å². The van der Waals surface area contributed by atoms with Crippen molar-refractivity contribution in [3.05, 3.63) is 69.8 Å². The first kappa shape index (κ1) is 24.3. The van der Waals surface area contributed by atoms with Crippen LogP contribution in [0.5, 0.6) is 0 Å². The van der Waals surface area contributed by atoms with Gasteiger partial charge in [0.25, 0.3) is 0 Å². The van der Waals surface area contributed by atoms with Crippen molar-refractivity contribution in [2.75, 3.05) is 0 Å². The molecule has 0 amide bonds. The molecule has 0 heterocycles. The van der Waals surface area contributed by atoms with Crippen LogP contribution in [0.25, 0.3) is 21.5 Å². The zero-order valence-electron chi connectivity index (χ0n) is 20.0. The summed E-state index contributed by atoms with van der Waals surface area (Å²) in [5.41, 5.74) is 8.56. The number of hydrogen-bond acceptors (Lipinski definition) is 0. The van der Waals surface area contributed by atoms with Crippen LogP contribution in [0.1, 0.15) is 33.4 Å². The van der Waals surface area contributed by atoms with Crippen LogP contribution < -0.4 is 48.1 Å². The molecule has 0 saturated carbocycles. The summed E-state index contributed by atoms with van der Waals surface area (Å²) in [5, 5.41) is 9.20. The van der Waals surface area contributed by atoms with E-state index in [1.54, 1.807) is 10.4 Å². The standard InChI is InChI=1S/C26H30Si.2Li/c1-15-9-11-17(3)23-21(15)13-19(5)25(23)27(7,8)26-20(6)14-22-16(2)10-12-18(4)24(22)26;;/h9-14H,1-8H3;;/q-2;2*+1. The molecule has 0 spiro atoms. The quantitative estimate of drug-likeness (QED) is 0.340. The predicted molar refractivity (Wildman–Crippen MR) is 124 cm³/mol. The van der Waals surface area contributed by atoms with Gasteiger partial charge in [-0.3, -0.25) is 0 Å². The van der Waals surface area contributed by atoms with E-state index in [0.29, 0.717) is 0 Å². The molecule has 0 radical (unpaired) electrons. The van der Waals surface area contributed by atoms with Crippen LogP contribution >= 0.6 is 0 Å². The van der Waals surface area contributed by atoms with Crippen LogP contribution in [0.4, 0.5) is 0 Å². The van der Waals surface area contributed by atoms with Gasteiger partial charge in [0.05, 0.1) is 0 Å². The third-order valence-corrected chi connectivity index (χ3v) is 10.4. The van der Waals surface area contributed by atoms with Crippen molar-refractivity contribution in [3.8, 4) is 0 Å². The third-order valence-electron chi connectivity index (χ3n) is 6.60. The van der Waals surface area contributed by atoms with Crippen molar-refractivity contribution in [1.29, 1.82) is 0 Å². The summed E-state index contributed by atoms with van der Waals surface area (Å²) >= 11 is 0. The second kappa shape index (κ2) is 8.30. The SMILES string of the molecule is Cc1[cH-]c2c(C)ccc(C)c2c1[Si](C)(C)c1c(C)[cH-]c2c(C)ccc(C)c12.[Li+].[Li+]. The van der Waals surface area contributed by atoms with Gasteiger partial charge in [-0.15, -0.1) is 68.1 Å². The molecule has 4 aromatic carbocycles. The molecule has 0 aliphatic heterocycles. The molecule has 0 atom stereocenters. The van der Waals surface area contributed by atoms with Crippen LogP contribution in [-0.2, 0) is 0 Å². The summed E-state index contributed by atoms with van der Waals surface area (Å²) in [7, 11) is -1.88. The van der Waals surface area contributed by atoms with E-state index in [4.69, 9.17) is 0 Å². The van der Waals surface area contributed by atoms with Crippen molar-refractivity contribution >= 4 is 40.0 Å². The van der Waals surface area contributed by atoms with Crippen LogP contribution in [0.3, 0.4) is 0 Å². The Morgan fingerprint density at radius 2 is 0.862 bits per heavy atom. The van der Waals surface area contributed by atoms with E-state index in [0.717, 1.165) is 0 Å². The molecule has 0 fully saturated rings. The summed E-state index contributed by atoms with van der Waals surface area (Å²) in [6, 6.07) is 14.0. The predicted octanol–water partition coefficient (Wildman–Crippen LogP) is 0.112. The molecular weight excluding hydrogens is 354 g/mol.